The van der Waals surface area contributed by atoms with Gasteiger partial charge in [-0.1, -0.05) is 0 Å². The molecule has 4 aromatic heterocycles. The minimum Gasteiger partial charge on any atom is -0.425 e. The number of amides is 8. The van der Waals surface area contributed by atoms with Gasteiger partial charge in [0.1, 0.15) is 45.0 Å². The smallest absolute Gasteiger partial charge is 0.296 e. The summed E-state index contributed by atoms with van der Waals surface area (Å²) in [5.41, 5.74) is -9.68. The third-order valence-electron chi connectivity index (χ3n) is 12.5. The van der Waals surface area contributed by atoms with Crippen molar-refractivity contribution in [1.29, 1.82) is 0 Å². The van der Waals surface area contributed by atoms with Gasteiger partial charge in [-0.3, -0.25) is 62.3 Å². The van der Waals surface area contributed by atoms with E-state index in [0.717, 1.165) is 65.3 Å². The lowest BCUT2D eigenvalue weighted by Gasteiger charge is -2.31. The van der Waals surface area contributed by atoms with Gasteiger partial charge in [0.15, 0.2) is 5.78 Å². The summed E-state index contributed by atoms with van der Waals surface area (Å²) in [6.07, 6.45) is -0.781. The molecule has 462 valence electrons. The molecule has 10 N–H and O–H groups in total. The van der Waals surface area contributed by atoms with Crippen molar-refractivity contribution in [3.05, 3.63) is 135 Å². The molecule has 1 atom stereocenters. The Morgan fingerprint density at radius 2 is 0.706 bits per heavy atom. The molecule has 0 radical (unpaired) electrons. The fourth-order valence-corrected chi connectivity index (χ4v) is 8.10. The second kappa shape index (κ2) is 33.4. The molecule has 4 heterocycles. The van der Waals surface area contributed by atoms with Gasteiger partial charge in [-0.2, -0.15) is 0 Å². The summed E-state index contributed by atoms with van der Waals surface area (Å²) in [5, 5.41) is 57.7. The summed E-state index contributed by atoms with van der Waals surface area (Å²) < 4.78 is 19.3. The number of hydrogen-bond acceptors (Lipinski definition) is 21. The molecule has 0 fully saturated rings. The highest BCUT2D eigenvalue weighted by atomic mass is 16.5. The molecule has 4 aromatic rings. The van der Waals surface area contributed by atoms with Crippen molar-refractivity contribution in [2.45, 2.75) is 38.6 Å². The first-order valence-corrected chi connectivity index (χ1v) is 26.1. The quantitative estimate of drug-likeness (QED) is 0.0162. The molecule has 4 rings (SSSR count). The predicted octanol–water partition coefficient (Wildman–Crippen LogP) is -3.25. The van der Waals surface area contributed by atoms with Gasteiger partial charge in [-0.05, 0) is 81.1 Å². The molecule has 85 heavy (non-hydrogen) atoms. The van der Waals surface area contributed by atoms with Crippen LogP contribution in [0.25, 0.3) is 0 Å². The van der Waals surface area contributed by atoms with Crippen molar-refractivity contribution in [2.75, 3.05) is 114 Å². The number of carbonyl (C=O) groups excluding carboxylic acids is 9. The lowest BCUT2D eigenvalue weighted by atomic mass is 10.0. The molecule has 0 aliphatic rings. The molecule has 0 spiro atoms. The molecule has 8 amide bonds. The Bertz CT molecular complexity index is 3340. The van der Waals surface area contributed by atoms with Crippen LogP contribution in [0.4, 0.5) is 0 Å². The van der Waals surface area contributed by atoms with Crippen LogP contribution < -0.4 is 54.1 Å². The number of nitrogens with one attached hydrogen (secondary N) is 6. The van der Waals surface area contributed by atoms with Crippen LogP contribution in [0.2, 0.25) is 0 Å². The molecule has 33 nitrogen and oxygen atoms in total. The van der Waals surface area contributed by atoms with Gasteiger partial charge in [-0.15, -0.1) is 18.9 Å². The summed E-state index contributed by atoms with van der Waals surface area (Å²) in [7, 11) is 5.52. The van der Waals surface area contributed by atoms with Gasteiger partial charge in [0.2, 0.25) is 0 Å². The van der Waals surface area contributed by atoms with Crippen LogP contribution in [0.3, 0.4) is 0 Å². The Morgan fingerprint density at radius 3 is 1.05 bits per heavy atom. The van der Waals surface area contributed by atoms with E-state index in [1.807, 2.05) is 0 Å². The van der Waals surface area contributed by atoms with E-state index in [-0.39, 0.29) is 123 Å². The number of ether oxygens (including phenoxy) is 4. The molecule has 0 aliphatic carbocycles. The standard InChI is InChI=1S/C52H68N12O21/c1-31(65)36(60(52(77)40-17-13-35(50(75)64(40)81)44(69)58-23-30-85-5)26-8-19-54-46(71)38-15-11-33(48(73)62(38)79)42(67)56-21-28-83-3)9-6-24-59(51(76)39-16-12-34(49(74)63(39)80)43(68)57-22-29-84-4)25-7-18-53-45(70)37-14-10-32(47(72)61(37)78)41(66)55-20-27-82-2/h10-17,36,78-81H,6-9,18-30H2,1-5H3,(H,53,70)(H,54,71)(H,55,66)(H,56,67)(H,57,68)(H,58,69). The van der Waals surface area contributed by atoms with Gasteiger partial charge in [0.05, 0.1) is 32.5 Å². The topological polar surface area (TPSA) is 438 Å². The Labute approximate surface area is 482 Å². The van der Waals surface area contributed by atoms with E-state index >= 15 is 0 Å². The maximum absolute atomic E-state index is 14.5. The number of nitrogens with zero attached hydrogens (tertiary/aromatic N) is 6. The minimum absolute atomic E-state index is 0.00958. The average molecular weight is 1200 g/mol. The van der Waals surface area contributed by atoms with E-state index in [0.29, 0.717) is 0 Å². The lowest BCUT2D eigenvalue weighted by Crippen LogP contribution is -2.48. The largest absolute Gasteiger partial charge is 0.425 e. The number of Topliss-reactive ketones (excluding diaryl/α,β-unsaturated/α-hetero) is 1. The van der Waals surface area contributed by atoms with E-state index < -0.39 is 133 Å². The highest BCUT2D eigenvalue weighted by molar-refractivity contribution is 6.00. The van der Waals surface area contributed by atoms with E-state index in [1.54, 1.807) is 0 Å². The highest BCUT2D eigenvalue weighted by Gasteiger charge is 2.32. The number of hydrogen-bond donors (Lipinski definition) is 10. The Balaban J connectivity index is 1.64. The first kappa shape index (κ1) is 67.8. The first-order valence-electron chi connectivity index (χ1n) is 26.1. The zero-order chi connectivity index (χ0) is 62.9. The molecule has 1 unspecified atom stereocenters. The van der Waals surface area contributed by atoms with Crippen molar-refractivity contribution in [1.82, 2.24) is 60.6 Å². The Kier molecular flexibility index (Phi) is 26.6. The average Bonchev–Trinajstić information content (AvgIpc) is 3.65. The number of rotatable bonds is 34. The normalized spacial score (nSPS) is 11.2. The molecule has 0 saturated carbocycles. The fourth-order valence-electron chi connectivity index (χ4n) is 8.10. The monoisotopic (exact) mass is 1200 g/mol. The molecule has 0 bridgehead atoms. The van der Waals surface area contributed by atoms with Crippen molar-refractivity contribution >= 4 is 53.0 Å². The van der Waals surface area contributed by atoms with Crippen molar-refractivity contribution < 1.29 is 82.9 Å². The van der Waals surface area contributed by atoms with Gasteiger partial charge in [0, 0.05) is 87.3 Å². The van der Waals surface area contributed by atoms with Crippen LogP contribution in [0.1, 0.15) is 116 Å². The first-order chi connectivity index (χ1) is 40.6. The summed E-state index contributed by atoms with van der Waals surface area (Å²) in [6.45, 7) is -0.102. The van der Waals surface area contributed by atoms with E-state index in [9.17, 15) is 83.2 Å². The van der Waals surface area contributed by atoms with Gasteiger partial charge in [-0.25, -0.2) is 0 Å². The van der Waals surface area contributed by atoms with E-state index in [2.05, 4.69) is 31.9 Å². The van der Waals surface area contributed by atoms with Crippen molar-refractivity contribution in [3.63, 3.8) is 0 Å². The maximum Gasteiger partial charge on any atom is 0.296 e. The molecule has 33 heteroatoms. The zero-order valence-electron chi connectivity index (χ0n) is 47.1. The van der Waals surface area contributed by atoms with Crippen LogP contribution in [0.15, 0.2) is 67.7 Å². The Hall–Kier alpha value is -9.73. The summed E-state index contributed by atoms with van der Waals surface area (Å²) in [4.78, 5) is 174. The SMILES string of the molecule is COCCNC(=O)c1ccc(C(=O)NCCCN(CCCC(C(C)=O)N(CCCNC(=O)c2ccc(C(=O)NCCOC)c(=O)n2O)C(=O)c2ccc(C(=O)NCCOC)c(=O)n2O)C(=O)c2ccc(C(=O)NCCOC)c(=O)n2O)n(O)c1=O. The van der Waals surface area contributed by atoms with Crippen LogP contribution >= 0.6 is 0 Å². The summed E-state index contributed by atoms with van der Waals surface area (Å²) >= 11 is 0. The third-order valence-corrected chi connectivity index (χ3v) is 12.5. The molecular formula is C52H68N12O21. The van der Waals surface area contributed by atoms with Gasteiger partial charge < -0.3 is 81.5 Å². The molecular weight excluding hydrogens is 1130 g/mol. The number of ketones is 1. The molecule has 0 aliphatic heterocycles. The second-order valence-electron chi connectivity index (χ2n) is 18.3. The number of aromatic nitrogens is 4. The summed E-state index contributed by atoms with van der Waals surface area (Å²) in [5.74, 6) is -8.38. The van der Waals surface area contributed by atoms with E-state index in [1.165, 1.54) is 28.4 Å². The zero-order valence-corrected chi connectivity index (χ0v) is 47.1. The van der Waals surface area contributed by atoms with Crippen LogP contribution in [0, 0.1) is 0 Å². The predicted molar refractivity (Wildman–Crippen MR) is 293 cm³/mol. The van der Waals surface area contributed by atoms with Gasteiger partial charge in [0.25, 0.3) is 69.5 Å². The minimum atomic E-state index is -1.46. The van der Waals surface area contributed by atoms with Crippen molar-refractivity contribution in [2.24, 2.45) is 0 Å². The maximum atomic E-state index is 14.5. The fraction of sp³-hybridized carbons (Fsp3) is 0.442. The van der Waals surface area contributed by atoms with Crippen LogP contribution in [-0.2, 0) is 23.7 Å². The van der Waals surface area contributed by atoms with Gasteiger partial charge >= 0.3 is 0 Å². The van der Waals surface area contributed by atoms with Crippen LogP contribution in [-0.4, -0.2) is 222 Å². The second-order valence-corrected chi connectivity index (χ2v) is 18.3. The molecule has 0 aromatic carbocycles. The Morgan fingerprint density at radius 1 is 0.412 bits per heavy atom. The van der Waals surface area contributed by atoms with E-state index in [4.69, 9.17) is 18.9 Å². The highest BCUT2D eigenvalue weighted by Crippen LogP contribution is 2.17. The summed E-state index contributed by atoms with van der Waals surface area (Å²) in [6, 6.07) is 6.49. The van der Waals surface area contributed by atoms with Crippen LogP contribution in [0.5, 0.6) is 0 Å². The molecule has 0 saturated heterocycles. The third kappa shape index (κ3) is 18.1. The van der Waals surface area contributed by atoms with Crippen molar-refractivity contribution in [3.8, 4) is 0 Å². The lowest BCUT2D eigenvalue weighted by molar-refractivity contribution is -0.121. The number of carbonyl (C=O) groups is 9. The number of methoxy groups -OCH3 is 4. The number of pyridine rings is 4.